The van der Waals surface area contributed by atoms with Crippen LogP contribution in [0.1, 0.15) is 92.9 Å². The van der Waals surface area contributed by atoms with Crippen molar-refractivity contribution >= 4 is 0 Å². The summed E-state index contributed by atoms with van der Waals surface area (Å²) in [6.45, 7) is 14.3. The predicted molar refractivity (Wildman–Crippen MR) is 125 cm³/mol. The first-order valence-electron chi connectivity index (χ1n) is 12.8. The van der Waals surface area contributed by atoms with Crippen LogP contribution in [-0.2, 0) is 0 Å². The van der Waals surface area contributed by atoms with Crippen molar-refractivity contribution in [2.75, 3.05) is 0 Å². The minimum atomic E-state index is -0.715. The van der Waals surface area contributed by atoms with Crippen LogP contribution in [0.15, 0.2) is 23.8 Å². The highest BCUT2D eigenvalue weighted by Gasteiger charge is 2.62. The molecule has 0 unspecified atom stereocenters. The first-order valence-corrected chi connectivity index (χ1v) is 12.8. The van der Waals surface area contributed by atoms with Crippen LogP contribution in [0.25, 0.3) is 0 Å². The Balaban J connectivity index is 1.57. The molecule has 170 valence electrons. The zero-order valence-electron chi connectivity index (χ0n) is 20.3. The van der Waals surface area contributed by atoms with Crippen LogP contribution in [0.5, 0.6) is 0 Å². The van der Waals surface area contributed by atoms with Crippen molar-refractivity contribution in [3.63, 3.8) is 0 Å². The van der Waals surface area contributed by atoms with E-state index >= 15 is 0 Å². The van der Waals surface area contributed by atoms with Crippen LogP contribution in [0.2, 0.25) is 0 Å². The second-order valence-corrected chi connectivity index (χ2v) is 12.4. The summed E-state index contributed by atoms with van der Waals surface area (Å²) in [6, 6.07) is 0. The smallest absolute Gasteiger partial charge is 0.0765 e. The summed E-state index contributed by atoms with van der Waals surface area (Å²) in [7, 11) is 0. The largest absolute Gasteiger partial charge is 0.393 e. The lowest BCUT2D eigenvalue weighted by atomic mass is 9.46. The third-order valence-electron chi connectivity index (χ3n) is 10.7. The number of aliphatic hydroxyl groups is 2. The molecule has 2 N–H and O–H groups in total. The van der Waals surface area contributed by atoms with E-state index in [1.807, 2.05) is 0 Å². The maximum atomic E-state index is 11.6. The summed E-state index contributed by atoms with van der Waals surface area (Å²) in [4.78, 5) is 0. The molecule has 0 aromatic heterocycles. The van der Waals surface area contributed by atoms with Crippen molar-refractivity contribution in [1.82, 2.24) is 0 Å². The van der Waals surface area contributed by atoms with Gasteiger partial charge in [-0.05, 0) is 85.9 Å². The molecule has 3 saturated carbocycles. The highest BCUT2D eigenvalue weighted by atomic mass is 16.3. The molecule has 0 bridgehead atoms. The molecule has 2 heteroatoms. The average Bonchev–Trinajstić information content (AvgIpc) is 3.04. The summed E-state index contributed by atoms with van der Waals surface area (Å²) < 4.78 is 0. The Kier molecular flexibility index (Phi) is 5.85. The van der Waals surface area contributed by atoms with Crippen LogP contribution >= 0.6 is 0 Å². The normalized spacial score (nSPS) is 48.1. The van der Waals surface area contributed by atoms with E-state index < -0.39 is 5.60 Å². The maximum absolute atomic E-state index is 11.6. The van der Waals surface area contributed by atoms with Gasteiger partial charge in [-0.3, -0.25) is 0 Å². The second-order valence-electron chi connectivity index (χ2n) is 12.4. The minimum absolute atomic E-state index is 0.0616. The molecule has 0 saturated heterocycles. The summed E-state index contributed by atoms with van der Waals surface area (Å²) in [6.07, 6.45) is 15.4. The van der Waals surface area contributed by atoms with Crippen molar-refractivity contribution in [2.24, 2.45) is 46.3 Å². The summed E-state index contributed by atoms with van der Waals surface area (Å²) >= 11 is 0. The first kappa shape index (κ1) is 22.6. The Morgan fingerprint density at radius 1 is 0.967 bits per heavy atom. The topological polar surface area (TPSA) is 40.5 Å². The van der Waals surface area contributed by atoms with E-state index in [4.69, 9.17) is 0 Å². The number of hydrogen-bond donors (Lipinski definition) is 2. The summed E-state index contributed by atoms with van der Waals surface area (Å²) in [5.41, 5.74) is 1.30. The van der Waals surface area contributed by atoms with Gasteiger partial charge >= 0.3 is 0 Å². The van der Waals surface area contributed by atoms with Gasteiger partial charge in [0.15, 0.2) is 0 Å². The van der Waals surface area contributed by atoms with Gasteiger partial charge in [-0.15, -0.1) is 0 Å². The molecule has 0 aromatic rings. The Morgan fingerprint density at radius 3 is 2.40 bits per heavy atom. The van der Waals surface area contributed by atoms with Crippen molar-refractivity contribution in [3.05, 3.63) is 23.8 Å². The fourth-order valence-corrected chi connectivity index (χ4v) is 8.10. The molecular formula is C28H46O2. The zero-order valence-corrected chi connectivity index (χ0v) is 20.3. The van der Waals surface area contributed by atoms with Crippen molar-refractivity contribution in [2.45, 2.75) is 105 Å². The van der Waals surface area contributed by atoms with E-state index in [1.54, 1.807) is 5.57 Å². The molecule has 3 fully saturated rings. The molecule has 0 aromatic carbocycles. The van der Waals surface area contributed by atoms with E-state index in [0.717, 1.165) is 25.2 Å². The Hall–Kier alpha value is -0.600. The van der Waals surface area contributed by atoms with E-state index in [9.17, 15) is 10.2 Å². The van der Waals surface area contributed by atoms with Crippen LogP contribution in [-0.4, -0.2) is 21.9 Å². The molecule has 0 amide bonds. The third-order valence-corrected chi connectivity index (χ3v) is 10.7. The van der Waals surface area contributed by atoms with Gasteiger partial charge < -0.3 is 10.2 Å². The van der Waals surface area contributed by atoms with Gasteiger partial charge in [-0.1, -0.05) is 65.3 Å². The summed E-state index contributed by atoms with van der Waals surface area (Å²) in [5, 5.41) is 21.8. The Morgan fingerprint density at radius 2 is 1.70 bits per heavy atom. The van der Waals surface area contributed by atoms with Crippen LogP contribution in [0.4, 0.5) is 0 Å². The van der Waals surface area contributed by atoms with Gasteiger partial charge in [-0.2, -0.15) is 0 Å². The molecule has 0 heterocycles. The van der Waals surface area contributed by atoms with Crippen LogP contribution in [0, 0.1) is 46.3 Å². The van der Waals surface area contributed by atoms with E-state index in [2.05, 4.69) is 59.8 Å². The van der Waals surface area contributed by atoms with Crippen LogP contribution < -0.4 is 0 Å². The van der Waals surface area contributed by atoms with Crippen molar-refractivity contribution < 1.29 is 10.2 Å². The number of hydrogen-bond acceptors (Lipinski definition) is 2. The first-order chi connectivity index (χ1) is 14.0. The highest BCUT2D eigenvalue weighted by Crippen LogP contribution is 2.67. The SMILES string of the molecule is CC(C)[C@@H](C)/C=C/[C@@H](C)[C@@H]1CC[C@@H]2C3=CC[C@@]4(O)C[C@H](O)CC[C@]4(C)[C@H]3CC[C@]21C. The molecule has 9 atom stereocenters. The van der Waals surface area contributed by atoms with Gasteiger partial charge in [0, 0.05) is 11.8 Å². The zero-order chi connectivity index (χ0) is 21.9. The molecule has 4 aliphatic rings. The molecule has 0 spiro atoms. The Bertz CT molecular complexity index is 707. The van der Waals surface area contributed by atoms with Crippen LogP contribution in [0.3, 0.4) is 0 Å². The molecular weight excluding hydrogens is 368 g/mol. The molecule has 4 rings (SSSR count). The number of aliphatic hydroxyl groups excluding tert-OH is 1. The number of fused-ring (bicyclic) bond motifs is 5. The van der Waals surface area contributed by atoms with Crippen molar-refractivity contribution in [1.29, 1.82) is 0 Å². The Labute approximate surface area is 185 Å². The second kappa shape index (κ2) is 7.77. The average molecular weight is 415 g/mol. The van der Waals surface area contributed by atoms with Gasteiger partial charge in [0.2, 0.25) is 0 Å². The minimum Gasteiger partial charge on any atom is -0.393 e. The standard InChI is InChI=1S/C28H46O2/c1-18(2)19(3)7-8-20(4)23-9-10-24-22-12-16-28(30)17-21(29)11-15-27(28,6)25(22)13-14-26(23,24)5/h7-8,12,18-21,23-25,29-30H,9-11,13-17H2,1-6H3/b8-7+/t19-,20+,21+,23-,24+,25-,26-,27+,28+/m0/s1. The molecule has 0 aliphatic heterocycles. The van der Waals surface area contributed by atoms with E-state index in [-0.39, 0.29) is 11.5 Å². The third kappa shape index (κ3) is 3.36. The highest BCUT2D eigenvalue weighted by molar-refractivity contribution is 5.30. The molecule has 30 heavy (non-hydrogen) atoms. The fraction of sp³-hybridized carbons (Fsp3) is 0.857. The fourth-order valence-electron chi connectivity index (χ4n) is 8.10. The monoisotopic (exact) mass is 414 g/mol. The number of allylic oxidation sites excluding steroid dienone is 3. The molecule has 2 nitrogen and oxygen atoms in total. The lowest BCUT2D eigenvalue weighted by Crippen LogP contribution is -2.59. The van der Waals surface area contributed by atoms with E-state index in [0.29, 0.717) is 41.4 Å². The van der Waals surface area contributed by atoms with Gasteiger partial charge in [0.1, 0.15) is 0 Å². The maximum Gasteiger partial charge on any atom is 0.0765 e. The van der Waals surface area contributed by atoms with Gasteiger partial charge in [0.05, 0.1) is 11.7 Å². The lowest BCUT2D eigenvalue weighted by Gasteiger charge is -2.61. The van der Waals surface area contributed by atoms with Crippen molar-refractivity contribution in [3.8, 4) is 0 Å². The quantitative estimate of drug-likeness (QED) is 0.514. The summed E-state index contributed by atoms with van der Waals surface area (Å²) in [5.74, 6) is 3.95. The van der Waals surface area contributed by atoms with Gasteiger partial charge in [0.25, 0.3) is 0 Å². The molecule has 0 radical (unpaired) electrons. The number of rotatable bonds is 4. The molecule has 4 aliphatic carbocycles. The lowest BCUT2D eigenvalue weighted by molar-refractivity contribution is -0.168. The van der Waals surface area contributed by atoms with E-state index in [1.165, 1.54) is 25.7 Å². The predicted octanol–water partition coefficient (Wildman–Crippen LogP) is 6.53. The van der Waals surface area contributed by atoms with Gasteiger partial charge in [-0.25, -0.2) is 0 Å².